The maximum atomic E-state index is 12.3. The zero-order valence-electron chi connectivity index (χ0n) is 19.9. The standard InChI is InChI=1S/C18H28N2O2.C4H8O.C3H8/c1-13(12-16-10-7-11-20(16)3)18(22)19-14(2)17(21)15-8-5-4-6-9-15;1-2-3-4-5;1-3-2/h4-6,8-9,13-14,16-17,21H,7,10-12H2,1-3H3,(H,19,22);4H,2-3H2,1H3;3H2,1-2H3. The summed E-state index contributed by atoms with van der Waals surface area (Å²) in [7, 11) is 2.13. The highest BCUT2D eigenvalue weighted by Gasteiger charge is 2.27. The Hall–Kier alpha value is -1.72. The van der Waals surface area contributed by atoms with E-state index in [0.717, 1.165) is 31.2 Å². The number of hydrogen-bond acceptors (Lipinski definition) is 4. The molecule has 0 spiro atoms. The van der Waals surface area contributed by atoms with Crippen LogP contribution >= 0.6 is 0 Å². The molecule has 30 heavy (non-hydrogen) atoms. The van der Waals surface area contributed by atoms with Crippen LogP contribution in [0.1, 0.15) is 84.8 Å². The van der Waals surface area contributed by atoms with E-state index < -0.39 is 6.10 Å². The first-order chi connectivity index (χ1) is 14.3. The SMILES string of the molecule is CC(CC1CCCN1C)C(=O)NC(C)C(O)c1ccccc1.CCC.CCCC=O. The molecule has 0 bridgehead atoms. The molecule has 1 aliphatic heterocycles. The van der Waals surface area contributed by atoms with Crippen LogP contribution in [0.3, 0.4) is 0 Å². The Morgan fingerprint density at radius 2 is 1.83 bits per heavy atom. The van der Waals surface area contributed by atoms with Gasteiger partial charge in [-0.2, -0.15) is 0 Å². The van der Waals surface area contributed by atoms with Gasteiger partial charge in [0.2, 0.25) is 5.91 Å². The Morgan fingerprint density at radius 3 is 2.27 bits per heavy atom. The fourth-order valence-corrected chi connectivity index (χ4v) is 3.29. The van der Waals surface area contributed by atoms with Gasteiger partial charge in [-0.3, -0.25) is 4.79 Å². The number of aldehydes is 1. The molecular formula is C25H44N2O3. The smallest absolute Gasteiger partial charge is 0.223 e. The molecule has 4 atom stereocenters. The van der Waals surface area contributed by atoms with Crippen molar-refractivity contribution in [3.05, 3.63) is 35.9 Å². The Morgan fingerprint density at radius 1 is 1.23 bits per heavy atom. The molecule has 4 unspecified atom stereocenters. The zero-order chi connectivity index (χ0) is 22.9. The van der Waals surface area contributed by atoms with Crippen molar-refractivity contribution in [1.29, 1.82) is 0 Å². The number of benzene rings is 1. The van der Waals surface area contributed by atoms with E-state index in [0.29, 0.717) is 12.5 Å². The molecule has 1 aromatic carbocycles. The molecule has 1 heterocycles. The van der Waals surface area contributed by atoms with E-state index in [-0.39, 0.29) is 17.9 Å². The first-order valence-corrected chi connectivity index (χ1v) is 11.5. The number of nitrogens with one attached hydrogen (secondary N) is 1. The summed E-state index contributed by atoms with van der Waals surface area (Å²) in [5.74, 6) is -0.00115. The summed E-state index contributed by atoms with van der Waals surface area (Å²) >= 11 is 0. The molecule has 5 nitrogen and oxygen atoms in total. The van der Waals surface area contributed by atoms with E-state index in [1.807, 2.05) is 51.1 Å². The lowest BCUT2D eigenvalue weighted by atomic mass is 9.98. The van der Waals surface area contributed by atoms with Crippen LogP contribution in [0.15, 0.2) is 30.3 Å². The molecule has 0 saturated carbocycles. The summed E-state index contributed by atoms with van der Waals surface area (Å²) in [6.07, 6.45) is 6.47. The molecule has 1 amide bonds. The predicted octanol–water partition coefficient (Wildman–Crippen LogP) is 4.75. The van der Waals surface area contributed by atoms with Gasteiger partial charge in [-0.25, -0.2) is 0 Å². The third-order valence-electron chi connectivity index (χ3n) is 5.14. The maximum absolute atomic E-state index is 12.3. The van der Waals surface area contributed by atoms with Crippen molar-refractivity contribution in [2.45, 2.75) is 91.3 Å². The Kier molecular flexibility index (Phi) is 16.0. The fourth-order valence-electron chi connectivity index (χ4n) is 3.29. The van der Waals surface area contributed by atoms with Crippen molar-refractivity contribution in [3.63, 3.8) is 0 Å². The number of aliphatic hydroxyl groups is 1. The van der Waals surface area contributed by atoms with Crippen LogP contribution in [0.2, 0.25) is 0 Å². The van der Waals surface area contributed by atoms with E-state index in [1.165, 1.54) is 19.3 Å². The van der Waals surface area contributed by atoms with Crippen LogP contribution < -0.4 is 5.32 Å². The lowest BCUT2D eigenvalue weighted by Crippen LogP contribution is -2.41. The van der Waals surface area contributed by atoms with Crippen LogP contribution in [0.4, 0.5) is 0 Å². The molecule has 172 valence electrons. The van der Waals surface area contributed by atoms with Gasteiger partial charge in [0.05, 0.1) is 12.1 Å². The van der Waals surface area contributed by atoms with Crippen LogP contribution in [0.25, 0.3) is 0 Å². The first-order valence-electron chi connectivity index (χ1n) is 11.5. The summed E-state index contributed by atoms with van der Waals surface area (Å²) in [4.78, 5) is 24.1. The molecule has 5 heteroatoms. The number of amides is 1. The van der Waals surface area contributed by atoms with Gasteiger partial charge >= 0.3 is 0 Å². The Bertz CT molecular complexity index is 565. The predicted molar refractivity (Wildman–Crippen MR) is 125 cm³/mol. The van der Waals surface area contributed by atoms with Crippen LogP contribution in [0.5, 0.6) is 0 Å². The number of carbonyl (C=O) groups is 2. The van der Waals surface area contributed by atoms with Gasteiger partial charge < -0.3 is 20.1 Å². The maximum Gasteiger partial charge on any atom is 0.223 e. The normalized spacial score (nSPS) is 18.7. The van der Waals surface area contributed by atoms with Gasteiger partial charge in [-0.05, 0) is 51.8 Å². The summed E-state index contributed by atoms with van der Waals surface area (Å²) in [5.41, 5.74) is 0.832. The summed E-state index contributed by atoms with van der Waals surface area (Å²) in [6.45, 7) is 11.2. The van der Waals surface area contributed by atoms with Crippen molar-refractivity contribution in [2.24, 2.45) is 5.92 Å². The average Bonchev–Trinajstić information content (AvgIpc) is 3.14. The molecule has 1 fully saturated rings. The van der Waals surface area contributed by atoms with Gasteiger partial charge in [0.25, 0.3) is 0 Å². The molecule has 0 radical (unpaired) electrons. The minimum absolute atomic E-state index is 0.0304. The van der Waals surface area contributed by atoms with E-state index in [9.17, 15) is 14.7 Å². The van der Waals surface area contributed by atoms with Gasteiger partial charge in [-0.1, -0.05) is 64.4 Å². The minimum Gasteiger partial charge on any atom is -0.386 e. The summed E-state index contributed by atoms with van der Waals surface area (Å²) in [5, 5.41) is 13.3. The number of aliphatic hydroxyl groups excluding tert-OH is 1. The van der Waals surface area contributed by atoms with Crippen molar-refractivity contribution in [3.8, 4) is 0 Å². The minimum atomic E-state index is -0.675. The number of likely N-dealkylation sites (tertiary alicyclic amines) is 1. The molecule has 1 aliphatic rings. The lowest BCUT2D eigenvalue weighted by Gasteiger charge is -2.25. The van der Waals surface area contributed by atoms with Crippen molar-refractivity contribution >= 4 is 12.2 Å². The van der Waals surface area contributed by atoms with Gasteiger partial charge in [0, 0.05) is 18.4 Å². The van der Waals surface area contributed by atoms with Crippen molar-refractivity contribution in [2.75, 3.05) is 13.6 Å². The monoisotopic (exact) mass is 420 g/mol. The molecule has 2 rings (SSSR count). The fraction of sp³-hybridized carbons (Fsp3) is 0.680. The quantitative estimate of drug-likeness (QED) is 0.596. The average molecular weight is 421 g/mol. The highest BCUT2D eigenvalue weighted by molar-refractivity contribution is 5.78. The molecule has 1 saturated heterocycles. The van der Waals surface area contributed by atoms with Gasteiger partial charge in [0.1, 0.15) is 6.29 Å². The number of nitrogens with zero attached hydrogens (tertiary/aromatic N) is 1. The third kappa shape index (κ3) is 11.5. The second-order valence-corrected chi connectivity index (χ2v) is 8.23. The van der Waals surface area contributed by atoms with Crippen molar-refractivity contribution in [1.82, 2.24) is 10.2 Å². The largest absolute Gasteiger partial charge is 0.386 e. The third-order valence-corrected chi connectivity index (χ3v) is 5.14. The molecular weight excluding hydrogens is 376 g/mol. The highest BCUT2D eigenvalue weighted by Crippen LogP contribution is 2.22. The molecule has 1 aromatic rings. The number of carbonyl (C=O) groups excluding carboxylic acids is 2. The molecule has 0 aliphatic carbocycles. The number of unbranched alkanes of at least 4 members (excludes halogenated alkanes) is 1. The zero-order valence-corrected chi connectivity index (χ0v) is 19.9. The number of hydrogen-bond donors (Lipinski definition) is 2. The van der Waals surface area contributed by atoms with E-state index >= 15 is 0 Å². The van der Waals surface area contributed by atoms with E-state index in [2.05, 4.69) is 31.1 Å². The topological polar surface area (TPSA) is 69.6 Å². The molecule has 2 N–H and O–H groups in total. The number of rotatable bonds is 8. The van der Waals surface area contributed by atoms with Crippen LogP contribution in [0, 0.1) is 5.92 Å². The Balaban J connectivity index is 0.000000902. The first kappa shape index (κ1) is 28.3. The van der Waals surface area contributed by atoms with Crippen molar-refractivity contribution < 1.29 is 14.7 Å². The summed E-state index contributed by atoms with van der Waals surface area (Å²) < 4.78 is 0. The van der Waals surface area contributed by atoms with Gasteiger partial charge in [-0.15, -0.1) is 0 Å². The van der Waals surface area contributed by atoms with Crippen LogP contribution in [-0.2, 0) is 9.59 Å². The Labute approximate surface area is 184 Å². The molecule has 0 aromatic heterocycles. The second kappa shape index (κ2) is 17.0. The van der Waals surface area contributed by atoms with E-state index in [4.69, 9.17) is 0 Å². The second-order valence-electron chi connectivity index (χ2n) is 8.23. The van der Waals surface area contributed by atoms with Crippen LogP contribution in [-0.4, -0.2) is 47.9 Å². The van der Waals surface area contributed by atoms with Gasteiger partial charge in [0.15, 0.2) is 0 Å². The lowest BCUT2D eigenvalue weighted by molar-refractivity contribution is -0.126. The van der Waals surface area contributed by atoms with E-state index in [1.54, 1.807) is 0 Å². The highest BCUT2D eigenvalue weighted by atomic mass is 16.3. The summed E-state index contributed by atoms with van der Waals surface area (Å²) in [6, 6.07) is 9.68.